The van der Waals surface area contributed by atoms with E-state index in [2.05, 4.69) is 39.8 Å². The summed E-state index contributed by atoms with van der Waals surface area (Å²) in [5.41, 5.74) is 0.164. The molecule has 0 radical (unpaired) electrons. The van der Waals surface area contributed by atoms with Gasteiger partial charge in [0, 0.05) is 5.54 Å². The van der Waals surface area contributed by atoms with Gasteiger partial charge in [0.2, 0.25) is 0 Å². The van der Waals surface area contributed by atoms with Crippen molar-refractivity contribution in [1.29, 1.82) is 0 Å². The summed E-state index contributed by atoms with van der Waals surface area (Å²) in [6, 6.07) is 0. The van der Waals surface area contributed by atoms with Crippen LogP contribution in [0.4, 0.5) is 0 Å². The van der Waals surface area contributed by atoms with Crippen LogP contribution in [0.15, 0.2) is 0 Å². The van der Waals surface area contributed by atoms with Gasteiger partial charge in [-0.25, -0.2) is 0 Å². The molecular formula is C11H23NO. The van der Waals surface area contributed by atoms with Gasteiger partial charge in [-0.15, -0.1) is 0 Å². The molecule has 2 nitrogen and oxygen atoms in total. The van der Waals surface area contributed by atoms with Crippen molar-refractivity contribution >= 4 is 0 Å². The SMILES string of the molecule is CC1[C@H](C)CC(O)C[C@@]1(C)N(C)C. The Hall–Kier alpha value is -0.0800. The molecule has 4 atom stereocenters. The lowest BCUT2D eigenvalue weighted by Crippen LogP contribution is -2.54. The second-order valence-electron chi connectivity index (χ2n) is 5.11. The van der Waals surface area contributed by atoms with Crippen LogP contribution in [-0.4, -0.2) is 35.7 Å². The minimum absolute atomic E-state index is 0.112. The fourth-order valence-corrected chi connectivity index (χ4v) is 2.58. The molecule has 0 aromatic heterocycles. The molecule has 0 heterocycles. The van der Waals surface area contributed by atoms with E-state index in [-0.39, 0.29) is 11.6 Å². The van der Waals surface area contributed by atoms with Crippen LogP contribution >= 0.6 is 0 Å². The third-order valence-electron chi connectivity index (χ3n) is 4.15. The fourth-order valence-electron chi connectivity index (χ4n) is 2.58. The predicted molar refractivity (Wildman–Crippen MR) is 55.7 cm³/mol. The molecule has 13 heavy (non-hydrogen) atoms. The summed E-state index contributed by atoms with van der Waals surface area (Å²) in [6.45, 7) is 6.81. The maximum atomic E-state index is 9.76. The second-order valence-corrected chi connectivity index (χ2v) is 5.11. The lowest BCUT2D eigenvalue weighted by Gasteiger charge is -2.49. The molecule has 2 unspecified atom stereocenters. The van der Waals surface area contributed by atoms with Crippen LogP contribution in [0.3, 0.4) is 0 Å². The first-order chi connectivity index (χ1) is 5.88. The third-order valence-corrected chi connectivity index (χ3v) is 4.15. The van der Waals surface area contributed by atoms with Gasteiger partial charge in [0.05, 0.1) is 6.10 Å². The molecule has 0 spiro atoms. The van der Waals surface area contributed by atoms with Gasteiger partial charge in [0.25, 0.3) is 0 Å². The highest BCUT2D eigenvalue weighted by molar-refractivity contribution is 4.96. The molecule has 0 amide bonds. The maximum Gasteiger partial charge on any atom is 0.0560 e. The number of hydrogen-bond acceptors (Lipinski definition) is 2. The van der Waals surface area contributed by atoms with Crippen LogP contribution in [0, 0.1) is 11.8 Å². The Morgan fingerprint density at radius 1 is 1.31 bits per heavy atom. The molecule has 0 aromatic carbocycles. The van der Waals surface area contributed by atoms with E-state index < -0.39 is 0 Å². The van der Waals surface area contributed by atoms with E-state index in [1.807, 2.05) is 0 Å². The second kappa shape index (κ2) is 3.58. The molecule has 1 N–H and O–H groups in total. The number of aliphatic hydroxyl groups is 1. The fraction of sp³-hybridized carbons (Fsp3) is 1.00. The minimum atomic E-state index is -0.112. The van der Waals surface area contributed by atoms with Crippen LogP contribution in [-0.2, 0) is 0 Å². The minimum Gasteiger partial charge on any atom is -0.393 e. The average Bonchev–Trinajstić information content (AvgIpc) is 1.99. The van der Waals surface area contributed by atoms with E-state index >= 15 is 0 Å². The topological polar surface area (TPSA) is 23.5 Å². The molecule has 1 aliphatic rings. The van der Waals surface area contributed by atoms with Gasteiger partial charge < -0.3 is 10.0 Å². The van der Waals surface area contributed by atoms with Crippen molar-refractivity contribution in [2.75, 3.05) is 14.1 Å². The Bertz CT molecular complexity index is 181. The maximum absolute atomic E-state index is 9.76. The van der Waals surface area contributed by atoms with Crippen molar-refractivity contribution in [3.8, 4) is 0 Å². The Morgan fingerprint density at radius 3 is 2.31 bits per heavy atom. The molecule has 0 saturated heterocycles. The summed E-state index contributed by atoms with van der Waals surface area (Å²) in [5, 5.41) is 9.76. The average molecular weight is 185 g/mol. The number of hydrogen-bond donors (Lipinski definition) is 1. The monoisotopic (exact) mass is 185 g/mol. The lowest BCUT2D eigenvalue weighted by molar-refractivity contribution is -0.0351. The van der Waals surface area contributed by atoms with Crippen LogP contribution in [0.25, 0.3) is 0 Å². The van der Waals surface area contributed by atoms with Gasteiger partial charge in [-0.05, 0) is 45.7 Å². The zero-order valence-corrected chi connectivity index (χ0v) is 9.54. The van der Waals surface area contributed by atoms with Gasteiger partial charge in [0.1, 0.15) is 0 Å². The quantitative estimate of drug-likeness (QED) is 0.672. The summed E-state index contributed by atoms with van der Waals surface area (Å²) in [4.78, 5) is 2.26. The van der Waals surface area contributed by atoms with Gasteiger partial charge in [-0.2, -0.15) is 0 Å². The van der Waals surface area contributed by atoms with Crippen LogP contribution < -0.4 is 0 Å². The van der Waals surface area contributed by atoms with E-state index in [4.69, 9.17) is 0 Å². The molecular weight excluding hydrogens is 162 g/mol. The van der Waals surface area contributed by atoms with Crippen molar-refractivity contribution in [2.24, 2.45) is 11.8 Å². The smallest absolute Gasteiger partial charge is 0.0560 e. The molecule has 1 saturated carbocycles. The number of aliphatic hydroxyl groups excluding tert-OH is 1. The summed E-state index contributed by atoms with van der Waals surface area (Å²) in [7, 11) is 4.22. The first-order valence-electron chi connectivity index (χ1n) is 5.23. The van der Waals surface area contributed by atoms with Crippen LogP contribution in [0.5, 0.6) is 0 Å². The molecule has 0 aromatic rings. The highest BCUT2D eigenvalue weighted by Crippen LogP contribution is 2.40. The normalized spacial score (nSPS) is 46.8. The van der Waals surface area contributed by atoms with E-state index in [1.54, 1.807) is 0 Å². The van der Waals surface area contributed by atoms with Gasteiger partial charge in [-0.3, -0.25) is 0 Å². The lowest BCUT2D eigenvalue weighted by atomic mass is 9.67. The van der Waals surface area contributed by atoms with Crippen molar-refractivity contribution in [1.82, 2.24) is 4.90 Å². The van der Waals surface area contributed by atoms with Crippen molar-refractivity contribution in [2.45, 2.75) is 45.3 Å². The molecule has 2 heteroatoms. The highest BCUT2D eigenvalue weighted by Gasteiger charge is 2.42. The van der Waals surface area contributed by atoms with E-state index in [9.17, 15) is 5.11 Å². The molecule has 0 aliphatic heterocycles. The Labute approximate surface area is 81.9 Å². The summed E-state index contributed by atoms with van der Waals surface area (Å²) in [6.07, 6.45) is 1.76. The van der Waals surface area contributed by atoms with Gasteiger partial charge in [-0.1, -0.05) is 13.8 Å². The van der Waals surface area contributed by atoms with Crippen molar-refractivity contribution in [3.63, 3.8) is 0 Å². The number of nitrogens with zero attached hydrogens (tertiary/aromatic N) is 1. The van der Waals surface area contributed by atoms with Gasteiger partial charge in [0.15, 0.2) is 0 Å². The van der Waals surface area contributed by atoms with Crippen LogP contribution in [0.1, 0.15) is 33.6 Å². The van der Waals surface area contributed by atoms with E-state index in [0.717, 1.165) is 12.8 Å². The van der Waals surface area contributed by atoms with E-state index in [0.29, 0.717) is 11.8 Å². The molecule has 1 rings (SSSR count). The molecule has 78 valence electrons. The Kier molecular flexibility index (Phi) is 3.03. The highest BCUT2D eigenvalue weighted by atomic mass is 16.3. The third kappa shape index (κ3) is 1.89. The number of rotatable bonds is 1. The molecule has 1 aliphatic carbocycles. The first kappa shape index (κ1) is 11.0. The Morgan fingerprint density at radius 2 is 1.85 bits per heavy atom. The standard InChI is InChI=1S/C11H23NO/c1-8-6-10(13)7-11(3,9(8)2)12(4)5/h8-10,13H,6-7H2,1-5H3/t8-,9?,10?,11-/m1/s1. The molecule has 1 fully saturated rings. The van der Waals surface area contributed by atoms with Crippen molar-refractivity contribution < 1.29 is 5.11 Å². The zero-order valence-electron chi connectivity index (χ0n) is 9.54. The molecule has 0 bridgehead atoms. The predicted octanol–water partition coefficient (Wildman–Crippen LogP) is 1.73. The zero-order chi connectivity index (χ0) is 10.2. The largest absolute Gasteiger partial charge is 0.393 e. The summed E-state index contributed by atoms with van der Waals surface area (Å²) < 4.78 is 0. The summed E-state index contributed by atoms with van der Waals surface area (Å²) in [5.74, 6) is 1.28. The summed E-state index contributed by atoms with van der Waals surface area (Å²) >= 11 is 0. The van der Waals surface area contributed by atoms with Gasteiger partial charge >= 0.3 is 0 Å². The van der Waals surface area contributed by atoms with E-state index in [1.165, 1.54) is 0 Å². The Balaban J connectivity index is 2.82. The first-order valence-corrected chi connectivity index (χ1v) is 5.23. The van der Waals surface area contributed by atoms with Crippen molar-refractivity contribution in [3.05, 3.63) is 0 Å². The van der Waals surface area contributed by atoms with Crippen LogP contribution in [0.2, 0.25) is 0 Å².